The van der Waals surface area contributed by atoms with Crippen LogP contribution in [0, 0.1) is 0 Å². The molecular weight excluding hydrogens is 472 g/mol. The van der Waals surface area contributed by atoms with Gasteiger partial charge in [0.2, 0.25) is 11.4 Å². The summed E-state index contributed by atoms with van der Waals surface area (Å²) in [6, 6.07) is 32.0. The molecule has 1 spiro atoms. The Balaban J connectivity index is 1.40. The number of aryl methyl sites for hydroxylation is 1. The number of Topliss-reactive ketones (excluding diaryl/α,β-unsaturated/α-hetero) is 1. The van der Waals surface area contributed by atoms with E-state index in [1.807, 2.05) is 78.9 Å². The molecule has 0 fully saturated rings. The zero-order valence-corrected chi connectivity index (χ0v) is 20.3. The predicted molar refractivity (Wildman–Crippen MR) is 148 cm³/mol. The number of carbonyl (C=O) groups excluding carboxylic acids is 1. The molecule has 4 heteroatoms. The quantitative estimate of drug-likeness (QED) is 0.213. The van der Waals surface area contributed by atoms with Crippen LogP contribution in [0.3, 0.4) is 0 Å². The molecule has 1 aliphatic carbocycles. The smallest absolute Gasteiger partial charge is 0.211 e. The zero-order valence-electron chi connectivity index (χ0n) is 20.3. The van der Waals surface area contributed by atoms with Gasteiger partial charge in [-0.2, -0.15) is 0 Å². The fourth-order valence-corrected chi connectivity index (χ4v) is 6.75. The van der Waals surface area contributed by atoms with E-state index >= 15 is 0 Å². The molecule has 7 aromatic rings. The van der Waals surface area contributed by atoms with Gasteiger partial charge in [-0.25, -0.2) is 0 Å². The number of rotatable bonds is 0. The van der Waals surface area contributed by atoms with Crippen molar-refractivity contribution in [1.29, 1.82) is 0 Å². The molecule has 38 heavy (non-hydrogen) atoms. The first kappa shape index (κ1) is 20.3. The monoisotopic (exact) mass is 492 g/mol. The van der Waals surface area contributed by atoms with Gasteiger partial charge < -0.3 is 13.6 Å². The van der Waals surface area contributed by atoms with Crippen molar-refractivity contribution in [3.05, 3.63) is 114 Å². The van der Waals surface area contributed by atoms with Crippen molar-refractivity contribution in [2.75, 3.05) is 0 Å². The maximum atomic E-state index is 14.5. The lowest BCUT2D eigenvalue weighted by Gasteiger charge is -2.40. The lowest BCUT2D eigenvalue weighted by atomic mass is 9.72. The second kappa shape index (κ2) is 6.93. The van der Waals surface area contributed by atoms with Gasteiger partial charge in [0, 0.05) is 50.0 Å². The maximum absolute atomic E-state index is 14.5. The van der Waals surface area contributed by atoms with Crippen LogP contribution in [-0.4, -0.2) is 5.78 Å². The number of para-hydroxylation sites is 2. The van der Waals surface area contributed by atoms with Crippen molar-refractivity contribution in [2.45, 2.75) is 18.4 Å². The summed E-state index contributed by atoms with van der Waals surface area (Å²) < 4.78 is 19.9. The number of hydrogen-bond acceptors (Lipinski definition) is 4. The van der Waals surface area contributed by atoms with E-state index < -0.39 is 5.60 Å². The molecule has 4 nitrogen and oxygen atoms in total. The van der Waals surface area contributed by atoms with Crippen molar-refractivity contribution < 1.29 is 18.4 Å². The van der Waals surface area contributed by atoms with E-state index in [2.05, 4.69) is 18.2 Å². The molecule has 0 saturated carbocycles. The van der Waals surface area contributed by atoms with Crippen LogP contribution in [0.1, 0.15) is 27.9 Å². The van der Waals surface area contributed by atoms with E-state index in [0.29, 0.717) is 18.4 Å². The molecule has 1 unspecified atom stereocenters. The van der Waals surface area contributed by atoms with Crippen LogP contribution in [-0.2, 0) is 12.0 Å². The van der Waals surface area contributed by atoms with Gasteiger partial charge in [0.15, 0.2) is 0 Å². The third kappa shape index (κ3) is 2.34. The minimum Gasteiger partial charge on any atom is -0.473 e. The molecule has 2 aromatic heterocycles. The second-order valence-corrected chi connectivity index (χ2v) is 10.3. The van der Waals surface area contributed by atoms with Crippen molar-refractivity contribution in [3.8, 4) is 17.1 Å². The summed E-state index contributed by atoms with van der Waals surface area (Å²) in [5.74, 6) is 1.47. The molecule has 0 saturated heterocycles. The van der Waals surface area contributed by atoms with Gasteiger partial charge >= 0.3 is 0 Å². The van der Waals surface area contributed by atoms with Crippen LogP contribution in [0.15, 0.2) is 106 Å². The average Bonchev–Trinajstić information content (AvgIpc) is 3.56. The van der Waals surface area contributed by atoms with E-state index in [1.165, 1.54) is 0 Å². The summed E-state index contributed by atoms with van der Waals surface area (Å²) in [7, 11) is 0. The number of ketones is 1. The summed E-state index contributed by atoms with van der Waals surface area (Å²) >= 11 is 0. The van der Waals surface area contributed by atoms with E-state index in [1.54, 1.807) is 0 Å². The fourth-order valence-electron chi connectivity index (χ4n) is 6.75. The van der Waals surface area contributed by atoms with E-state index in [0.717, 1.165) is 71.9 Å². The highest BCUT2D eigenvalue weighted by Gasteiger charge is 2.53. The van der Waals surface area contributed by atoms with Crippen LogP contribution >= 0.6 is 0 Å². The lowest BCUT2D eigenvalue weighted by molar-refractivity contribution is 0.0339. The molecule has 9 rings (SSSR count). The van der Waals surface area contributed by atoms with Crippen LogP contribution in [0.25, 0.3) is 55.0 Å². The number of fused-ring (bicyclic) bond motifs is 14. The lowest BCUT2D eigenvalue weighted by Crippen LogP contribution is -2.46. The second-order valence-electron chi connectivity index (χ2n) is 10.3. The number of carbonyl (C=O) groups is 1. The highest BCUT2D eigenvalue weighted by molar-refractivity contribution is 6.20. The Kier molecular flexibility index (Phi) is 3.69. The Morgan fingerprint density at radius 1 is 0.632 bits per heavy atom. The summed E-state index contributed by atoms with van der Waals surface area (Å²) in [6.07, 6.45) is 1.18. The Labute approximate surface area is 217 Å². The predicted octanol–water partition coefficient (Wildman–Crippen LogP) is 8.57. The molecule has 1 atom stereocenters. The van der Waals surface area contributed by atoms with Crippen molar-refractivity contribution in [2.24, 2.45) is 0 Å². The third-order valence-corrected chi connectivity index (χ3v) is 8.37. The topological polar surface area (TPSA) is 52.6 Å². The molecular formula is C34H20O4. The van der Waals surface area contributed by atoms with Crippen molar-refractivity contribution in [1.82, 2.24) is 0 Å². The summed E-state index contributed by atoms with van der Waals surface area (Å²) in [4.78, 5) is 14.5. The van der Waals surface area contributed by atoms with Crippen LogP contribution in [0.2, 0.25) is 0 Å². The minimum absolute atomic E-state index is 0.0148. The highest BCUT2D eigenvalue weighted by atomic mass is 16.5. The van der Waals surface area contributed by atoms with Crippen molar-refractivity contribution >= 4 is 49.5 Å². The zero-order chi connectivity index (χ0) is 25.0. The molecule has 5 aromatic carbocycles. The van der Waals surface area contributed by atoms with Crippen LogP contribution in [0.5, 0.6) is 5.75 Å². The Morgan fingerprint density at radius 3 is 2.08 bits per heavy atom. The molecule has 0 bridgehead atoms. The van der Waals surface area contributed by atoms with E-state index in [4.69, 9.17) is 13.6 Å². The van der Waals surface area contributed by atoms with Gasteiger partial charge in [-0.1, -0.05) is 84.9 Å². The third-order valence-electron chi connectivity index (χ3n) is 8.37. The first-order valence-corrected chi connectivity index (χ1v) is 12.9. The van der Waals surface area contributed by atoms with Gasteiger partial charge in [0.05, 0.1) is 5.56 Å². The number of ether oxygens (including phenoxy) is 1. The van der Waals surface area contributed by atoms with E-state index in [9.17, 15) is 4.79 Å². The maximum Gasteiger partial charge on any atom is 0.211 e. The fraction of sp³-hybridized carbons (Fsp3) is 0.0882. The molecule has 180 valence electrons. The highest BCUT2D eigenvalue weighted by Crippen LogP contribution is 2.55. The standard InChI is InChI=1S/C34H20O4/c35-33-22-12-4-3-11-21(22)32-29(24-14-6-8-16-27(24)37-32)34(33)18-17-25-28-23-13-5-7-15-26(23)36-31(28)20-10-2-1-9-19(20)30(25)38-34/h1-16H,17-18H2. The molecule has 2 aliphatic rings. The van der Waals surface area contributed by atoms with Crippen molar-refractivity contribution in [3.63, 3.8) is 0 Å². The van der Waals surface area contributed by atoms with Gasteiger partial charge in [-0.05, 0) is 18.6 Å². The Hall–Kier alpha value is -4.83. The SMILES string of the molecule is O=C1c2ccccc2-c2oc3ccccc3c2C12CCc1c(c3ccccc3c3oc4ccccc4c13)O2. The molecule has 0 radical (unpaired) electrons. The number of hydrogen-bond donors (Lipinski definition) is 0. The largest absolute Gasteiger partial charge is 0.473 e. The summed E-state index contributed by atoms with van der Waals surface area (Å²) in [5, 5.41) is 5.00. The van der Waals surface area contributed by atoms with Crippen LogP contribution < -0.4 is 4.74 Å². The van der Waals surface area contributed by atoms with Gasteiger partial charge in [-0.3, -0.25) is 4.79 Å². The summed E-state index contributed by atoms with van der Waals surface area (Å²) in [6.45, 7) is 0. The Bertz CT molecular complexity index is 2140. The normalized spacial score (nSPS) is 18.2. The molecule has 1 aliphatic heterocycles. The summed E-state index contributed by atoms with van der Waals surface area (Å²) in [5.41, 5.74) is 4.70. The average molecular weight is 493 g/mol. The number of furan rings is 2. The van der Waals surface area contributed by atoms with Gasteiger partial charge in [-0.15, -0.1) is 0 Å². The molecule has 0 N–H and O–H groups in total. The molecule has 0 amide bonds. The van der Waals surface area contributed by atoms with Crippen LogP contribution in [0.4, 0.5) is 0 Å². The Morgan fingerprint density at radius 2 is 1.26 bits per heavy atom. The van der Waals surface area contributed by atoms with E-state index in [-0.39, 0.29) is 5.78 Å². The molecule has 3 heterocycles. The van der Waals surface area contributed by atoms with Gasteiger partial charge in [0.25, 0.3) is 0 Å². The minimum atomic E-state index is -1.18. The van der Waals surface area contributed by atoms with Gasteiger partial charge in [0.1, 0.15) is 28.3 Å². The number of benzene rings is 5. The first-order chi connectivity index (χ1) is 18.7. The first-order valence-electron chi connectivity index (χ1n) is 12.9.